The molecule has 2 amide bonds. The Morgan fingerprint density at radius 2 is 2.21 bits per heavy atom. The van der Waals surface area contributed by atoms with Crippen LogP contribution in [0.4, 0.5) is 4.39 Å². The quantitative estimate of drug-likeness (QED) is 0.861. The molecule has 1 aromatic carbocycles. The number of halogens is 2. The van der Waals surface area contributed by atoms with Crippen molar-refractivity contribution in [1.29, 1.82) is 0 Å². The van der Waals surface area contributed by atoms with Gasteiger partial charge in [-0.1, -0.05) is 6.07 Å². The average Bonchev–Trinajstić information content (AvgIpc) is 2.39. The number of carbonyl (C=O) groups is 2. The van der Waals surface area contributed by atoms with Crippen molar-refractivity contribution in [3.05, 3.63) is 34.1 Å². The fourth-order valence-electron chi connectivity index (χ4n) is 2.00. The Morgan fingerprint density at radius 3 is 2.89 bits per heavy atom. The summed E-state index contributed by atoms with van der Waals surface area (Å²) in [4.78, 5) is 24.3. The van der Waals surface area contributed by atoms with Crippen LogP contribution in [0.25, 0.3) is 0 Å². The molecule has 0 saturated carbocycles. The van der Waals surface area contributed by atoms with E-state index in [1.54, 1.807) is 12.1 Å². The molecule has 1 saturated heterocycles. The highest BCUT2D eigenvalue weighted by molar-refractivity contribution is 9.10. The van der Waals surface area contributed by atoms with Gasteiger partial charge in [0.15, 0.2) is 0 Å². The van der Waals surface area contributed by atoms with Gasteiger partial charge in [-0.15, -0.1) is 0 Å². The Bertz CT molecular complexity index is 521. The first-order valence-corrected chi connectivity index (χ1v) is 6.76. The minimum atomic E-state index is -0.380. The van der Waals surface area contributed by atoms with Crippen molar-refractivity contribution in [3.8, 4) is 0 Å². The lowest BCUT2D eigenvalue weighted by atomic mass is 10.0. The van der Waals surface area contributed by atoms with E-state index in [0.717, 1.165) is 10.5 Å². The summed E-state index contributed by atoms with van der Waals surface area (Å²) in [5, 5.41) is 3.06. The maximum atomic E-state index is 13.3. The van der Waals surface area contributed by atoms with Crippen LogP contribution in [0, 0.1) is 5.82 Å². The second-order valence-corrected chi connectivity index (χ2v) is 5.37. The molecule has 0 radical (unpaired) electrons. The van der Waals surface area contributed by atoms with E-state index in [-0.39, 0.29) is 23.7 Å². The van der Waals surface area contributed by atoms with Gasteiger partial charge in [0.2, 0.25) is 11.8 Å². The number of nitrogens with one attached hydrogen (secondary N) is 1. The molecule has 102 valence electrons. The molecule has 1 fully saturated rings. The van der Waals surface area contributed by atoms with Crippen molar-refractivity contribution in [1.82, 2.24) is 10.2 Å². The van der Waals surface area contributed by atoms with Gasteiger partial charge < -0.3 is 5.32 Å². The van der Waals surface area contributed by atoms with E-state index in [2.05, 4.69) is 21.2 Å². The maximum absolute atomic E-state index is 13.3. The van der Waals surface area contributed by atoms with Gasteiger partial charge in [0.25, 0.3) is 0 Å². The summed E-state index contributed by atoms with van der Waals surface area (Å²) in [6.07, 6.45) is 0.843. The highest BCUT2D eigenvalue weighted by Crippen LogP contribution is 2.17. The Morgan fingerprint density at radius 1 is 1.47 bits per heavy atom. The van der Waals surface area contributed by atoms with Crippen LogP contribution in [0.5, 0.6) is 0 Å². The highest BCUT2D eigenvalue weighted by atomic mass is 79.9. The Hall–Kier alpha value is -1.27. The van der Waals surface area contributed by atoms with Crippen molar-refractivity contribution >= 4 is 27.7 Å². The van der Waals surface area contributed by atoms with Crippen molar-refractivity contribution < 1.29 is 14.0 Å². The maximum Gasteiger partial charge on any atom is 0.246 e. The predicted molar refractivity (Wildman–Crippen MR) is 71.7 cm³/mol. The van der Waals surface area contributed by atoms with Crippen molar-refractivity contribution in [3.63, 3.8) is 0 Å². The molecular weight excluding hydrogens is 315 g/mol. The van der Waals surface area contributed by atoms with E-state index in [4.69, 9.17) is 0 Å². The smallest absolute Gasteiger partial charge is 0.246 e. The Balaban J connectivity index is 1.97. The molecule has 1 N–H and O–H groups in total. The van der Waals surface area contributed by atoms with E-state index in [1.165, 1.54) is 13.1 Å². The molecule has 0 spiro atoms. The summed E-state index contributed by atoms with van der Waals surface area (Å²) < 4.78 is 13.8. The predicted octanol–water partition coefficient (Wildman–Crippen LogP) is 1.83. The third-order valence-corrected chi connectivity index (χ3v) is 3.83. The van der Waals surface area contributed by atoms with Gasteiger partial charge in [0.1, 0.15) is 5.82 Å². The van der Waals surface area contributed by atoms with Gasteiger partial charge in [-0.2, -0.15) is 0 Å². The lowest BCUT2D eigenvalue weighted by Gasteiger charge is -2.28. The molecule has 0 bridgehead atoms. The van der Waals surface area contributed by atoms with Gasteiger partial charge in [-0.25, -0.2) is 4.39 Å². The fraction of sp³-hybridized carbons (Fsp3) is 0.385. The number of hydrogen-bond acceptors (Lipinski definition) is 3. The number of rotatable bonds is 3. The van der Waals surface area contributed by atoms with E-state index in [1.807, 2.05) is 0 Å². The first-order chi connectivity index (χ1) is 8.99. The average molecular weight is 329 g/mol. The molecule has 4 nitrogen and oxygen atoms in total. The van der Waals surface area contributed by atoms with E-state index in [9.17, 15) is 14.0 Å². The standard InChI is InChI=1S/C13H14BrFN2O2/c1-17-12(18)5-4-11(13(17)19)16-7-8-2-3-9(14)10(15)6-8/h2-3,6,11,16H,4-5,7H2,1H3. The highest BCUT2D eigenvalue weighted by Gasteiger charge is 2.31. The molecule has 1 heterocycles. The third-order valence-electron chi connectivity index (χ3n) is 3.19. The van der Waals surface area contributed by atoms with Crippen LogP contribution >= 0.6 is 15.9 Å². The molecule has 1 atom stereocenters. The molecule has 1 aliphatic heterocycles. The van der Waals surface area contributed by atoms with E-state index in [0.29, 0.717) is 23.9 Å². The molecule has 6 heteroatoms. The summed E-state index contributed by atoms with van der Waals surface area (Å²) in [6.45, 7) is 0.392. The monoisotopic (exact) mass is 328 g/mol. The molecular formula is C13H14BrFN2O2. The summed E-state index contributed by atoms with van der Waals surface area (Å²) in [5.41, 5.74) is 0.757. The van der Waals surface area contributed by atoms with Crippen LogP contribution in [0.2, 0.25) is 0 Å². The number of carbonyl (C=O) groups excluding carboxylic acids is 2. The molecule has 1 aliphatic rings. The summed E-state index contributed by atoms with van der Waals surface area (Å²) in [5.74, 6) is -0.715. The van der Waals surface area contributed by atoms with Crippen LogP contribution in [0.3, 0.4) is 0 Å². The lowest BCUT2D eigenvalue weighted by Crippen LogP contribution is -2.51. The first kappa shape index (κ1) is 14.1. The van der Waals surface area contributed by atoms with Crippen LogP contribution in [0.1, 0.15) is 18.4 Å². The second kappa shape index (κ2) is 5.79. The van der Waals surface area contributed by atoms with Crippen LogP contribution in [-0.4, -0.2) is 29.8 Å². The molecule has 1 aromatic rings. The number of piperidine rings is 1. The van der Waals surface area contributed by atoms with Gasteiger partial charge in [0.05, 0.1) is 10.5 Å². The SMILES string of the molecule is CN1C(=O)CCC(NCc2ccc(Br)c(F)c2)C1=O. The normalized spacial score (nSPS) is 19.9. The number of nitrogens with zero attached hydrogens (tertiary/aromatic N) is 1. The molecule has 2 rings (SSSR count). The Labute approximate surface area is 119 Å². The zero-order valence-corrected chi connectivity index (χ0v) is 12.0. The molecule has 0 aromatic heterocycles. The van der Waals surface area contributed by atoms with Gasteiger partial charge in [-0.05, 0) is 40.0 Å². The number of benzene rings is 1. The van der Waals surface area contributed by atoms with E-state index >= 15 is 0 Å². The number of amides is 2. The first-order valence-electron chi connectivity index (χ1n) is 5.96. The topological polar surface area (TPSA) is 49.4 Å². The third kappa shape index (κ3) is 3.19. The summed E-state index contributed by atoms with van der Waals surface area (Å²) >= 11 is 3.09. The van der Waals surface area contributed by atoms with Crippen molar-refractivity contribution in [2.75, 3.05) is 7.05 Å². The van der Waals surface area contributed by atoms with Crippen molar-refractivity contribution in [2.45, 2.75) is 25.4 Å². The Kier molecular flexibility index (Phi) is 4.31. The van der Waals surface area contributed by atoms with Crippen LogP contribution in [0.15, 0.2) is 22.7 Å². The second-order valence-electron chi connectivity index (χ2n) is 4.51. The zero-order chi connectivity index (χ0) is 14.0. The van der Waals surface area contributed by atoms with Crippen molar-refractivity contribution in [2.24, 2.45) is 0 Å². The number of likely N-dealkylation sites (tertiary alicyclic amines) is 1. The van der Waals surface area contributed by atoms with Gasteiger partial charge >= 0.3 is 0 Å². The minimum Gasteiger partial charge on any atom is -0.302 e. The van der Waals surface area contributed by atoms with Gasteiger partial charge in [0, 0.05) is 20.0 Å². The summed E-state index contributed by atoms with van der Waals surface area (Å²) in [6, 6.07) is 4.45. The molecule has 1 unspecified atom stereocenters. The van der Waals surface area contributed by atoms with E-state index < -0.39 is 0 Å². The minimum absolute atomic E-state index is 0.155. The van der Waals surface area contributed by atoms with Crippen LogP contribution < -0.4 is 5.32 Å². The number of likely N-dealkylation sites (N-methyl/N-ethyl adjacent to an activating group) is 1. The number of imide groups is 1. The molecule has 0 aliphatic carbocycles. The zero-order valence-electron chi connectivity index (χ0n) is 10.5. The van der Waals surface area contributed by atoms with Gasteiger partial charge in [-0.3, -0.25) is 14.5 Å². The number of hydrogen-bond donors (Lipinski definition) is 1. The largest absolute Gasteiger partial charge is 0.302 e. The summed E-state index contributed by atoms with van der Waals surface area (Å²) in [7, 11) is 1.48. The molecule has 19 heavy (non-hydrogen) atoms. The van der Waals surface area contributed by atoms with Crippen LogP contribution in [-0.2, 0) is 16.1 Å². The fourth-order valence-corrected chi connectivity index (χ4v) is 2.24. The lowest BCUT2D eigenvalue weighted by molar-refractivity contribution is -0.148.